The lowest BCUT2D eigenvalue weighted by Crippen LogP contribution is -2.37. The first-order valence-corrected chi connectivity index (χ1v) is 6.51. The minimum Gasteiger partial charge on any atom is -0.372 e. The Bertz CT molecular complexity index is 248. The zero-order chi connectivity index (χ0) is 11.2. The maximum absolute atomic E-state index is 10.9. The molecule has 0 bridgehead atoms. The van der Waals surface area contributed by atoms with Crippen molar-refractivity contribution < 1.29 is 18.1 Å². The van der Waals surface area contributed by atoms with Gasteiger partial charge in [0.15, 0.2) is 4.93 Å². The largest absolute Gasteiger partial charge is 0.372 e. The van der Waals surface area contributed by atoms with E-state index in [2.05, 4.69) is 6.92 Å². The Balaban J connectivity index is 4.15. The Morgan fingerprint density at radius 1 is 1.14 bits per heavy atom. The van der Waals surface area contributed by atoms with Crippen molar-refractivity contribution in [3.8, 4) is 0 Å². The fraction of sp³-hybridized carbons (Fsp3) is 1.00. The molecule has 2 N–H and O–H groups in total. The fourth-order valence-electron chi connectivity index (χ4n) is 1.32. The van der Waals surface area contributed by atoms with E-state index in [0.29, 0.717) is 6.42 Å². The van der Waals surface area contributed by atoms with Gasteiger partial charge in [0.25, 0.3) is 10.1 Å². The van der Waals surface area contributed by atoms with E-state index in [1.165, 1.54) is 0 Å². The van der Waals surface area contributed by atoms with Crippen LogP contribution < -0.4 is 0 Å². The summed E-state index contributed by atoms with van der Waals surface area (Å²) in [6.07, 6.45) is 3.72. The van der Waals surface area contributed by atoms with Gasteiger partial charge in [0, 0.05) is 0 Å². The van der Waals surface area contributed by atoms with Gasteiger partial charge in [-0.3, -0.25) is 4.55 Å². The van der Waals surface area contributed by atoms with Crippen molar-refractivity contribution in [1.29, 1.82) is 0 Å². The van der Waals surface area contributed by atoms with Gasteiger partial charge in [-0.2, -0.15) is 8.42 Å². The molecule has 0 aliphatic rings. The number of hydrogen-bond donors (Lipinski definition) is 2. The SMILES string of the molecule is CCCCCCC(O)(CC)S(=O)(=O)O. The molecule has 0 radical (unpaired) electrons. The minimum absolute atomic E-state index is 0.0258. The van der Waals surface area contributed by atoms with Gasteiger partial charge in [-0.1, -0.05) is 33.1 Å². The summed E-state index contributed by atoms with van der Waals surface area (Å²) in [6, 6.07) is 0. The second-order valence-corrected chi connectivity index (χ2v) is 5.30. The lowest BCUT2D eigenvalue weighted by Gasteiger charge is -2.22. The van der Waals surface area contributed by atoms with Gasteiger partial charge in [-0.05, 0) is 19.3 Å². The number of rotatable bonds is 7. The van der Waals surface area contributed by atoms with Gasteiger partial charge in [0.1, 0.15) is 0 Å². The van der Waals surface area contributed by atoms with Crippen molar-refractivity contribution in [2.24, 2.45) is 0 Å². The Morgan fingerprint density at radius 3 is 2.07 bits per heavy atom. The van der Waals surface area contributed by atoms with Gasteiger partial charge in [-0.25, -0.2) is 0 Å². The predicted molar refractivity (Wildman–Crippen MR) is 55.5 cm³/mol. The summed E-state index contributed by atoms with van der Waals surface area (Å²) in [5.41, 5.74) is 0. The van der Waals surface area contributed by atoms with Gasteiger partial charge >= 0.3 is 0 Å². The van der Waals surface area contributed by atoms with Gasteiger partial charge in [0.05, 0.1) is 0 Å². The Hall–Kier alpha value is -0.130. The summed E-state index contributed by atoms with van der Waals surface area (Å²) in [5, 5.41) is 9.62. The summed E-state index contributed by atoms with van der Waals surface area (Å²) in [7, 11) is -4.35. The third-order valence-electron chi connectivity index (χ3n) is 2.45. The third kappa shape index (κ3) is 3.94. The van der Waals surface area contributed by atoms with Crippen LogP contribution in [0.25, 0.3) is 0 Å². The average Bonchev–Trinajstić information content (AvgIpc) is 2.10. The van der Waals surface area contributed by atoms with E-state index in [4.69, 9.17) is 4.55 Å². The number of hydrogen-bond acceptors (Lipinski definition) is 3. The van der Waals surface area contributed by atoms with E-state index in [-0.39, 0.29) is 12.8 Å². The number of aliphatic hydroxyl groups is 1. The summed E-state index contributed by atoms with van der Waals surface area (Å²) in [4.78, 5) is -1.94. The van der Waals surface area contributed by atoms with E-state index in [1.54, 1.807) is 6.92 Å². The van der Waals surface area contributed by atoms with Crippen molar-refractivity contribution in [2.75, 3.05) is 0 Å². The van der Waals surface area contributed by atoms with Gasteiger partial charge in [-0.15, -0.1) is 0 Å². The van der Waals surface area contributed by atoms with Crippen LogP contribution in [-0.4, -0.2) is 23.0 Å². The highest BCUT2D eigenvalue weighted by atomic mass is 32.2. The number of unbranched alkanes of at least 4 members (excludes halogenated alkanes) is 3. The maximum atomic E-state index is 10.9. The van der Waals surface area contributed by atoms with Gasteiger partial charge < -0.3 is 5.11 Å². The van der Waals surface area contributed by atoms with Crippen LogP contribution >= 0.6 is 0 Å². The van der Waals surface area contributed by atoms with Crippen LogP contribution in [0.15, 0.2) is 0 Å². The lowest BCUT2D eigenvalue weighted by molar-refractivity contribution is 0.0965. The van der Waals surface area contributed by atoms with E-state index in [0.717, 1.165) is 19.3 Å². The molecule has 1 unspecified atom stereocenters. The Labute approximate surface area is 86.1 Å². The quantitative estimate of drug-likeness (QED) is 0.512. The Morgan fingerprint density at radius 2 is 1.71 bits per heavy atom. The summed E-state index contributed by atoms with van der Waals surface area (Å²) >= 11 is 0. The normalized spacial score (nSPS) is 16.6. The molecule has 0 saturated heterocycles. The smallest absolute Gasteiger partial charge is 0.294 e. The molecule has 1 atom stereocenters. The monoisotopic (exact) mass is 224 g/mol. The van der Waals surface area contributed by atoms with Crippen LogP contribution in [0.3, 0.4) is 0 Å². The van der Waals surface area contributed by atoms with Crippen LogP contribution in [0, 0.1) is 0 Å². The molecule has 0 aromatic carbocycles. The second-order valence-electron chi connectivity index (χ2n) is 3.59. The highest BCUT2D eigenvalue weighted by Gasteiger charge is 2.37. The van der Waals surface area contributed by atoms with Crippen LogP contribution in [0.5, 0.6) is 0 Å². The molecule has 0 amide bonds. The van der Waals surface area contributed by atoms with Crippen molar-refractivity contribution in [3.63, 3.8) is 0 Å². The molecule has 0 aromatic rings. The van der Waals surface area contributed by atoms with Crippen molar-refractivity contribution in [3.05, 3.63) is 0 Å². The average molecular weight is 224 g/mol. The summed E-state index contributed by atoms with van der Waals surface area (Å²) in [5.74, 6) is 0. The first-order chi connectivity index (χ1) is 6.37. The zero-order valence-corrected chi connectivity index (χ0v) is 9.68. The summed E-state index contributed by atoms with van der Waals surface area (Å²) in [6.45, 7) is 3.60. The van der Waals surface area contributed by atoms with Crippen LogP contribution in [0.4, 0.5) is 0 Å². The van der Waals surface area contributed by atoms with E-state index < -0.39 is 15.1 Å². The molecule has 4 nitrogen and oxygen atoms in total. The summed E-state index contributed by atoms with van der Waals surface area (Å²) < 4.78 is 30.5. The van der Waals surface area contributed by atoms with Crippen LogP contribution in [0.2, 0.25) is 0 Å². The molecule has 0 fully saturated rings. The highest BCUT2D eigenvalue weighted by molar-refractivity contribution is 7.87. The van der Waals surface area contributed by atoms with Crippen molar-refractivity contribution in [1.82, 2.24) is 0 Å². The minimum atomic E-state index is -4.35. The van der Waals surface area contributed by atoms with E-state index in [9.17, 15) is 13.5 Å². The zero-order valence-electron chi connectivity index (χ0n) is 8.86. The third-order valence-corrected chi connectivity index (χ3v) is 3.91. The van der Waals surface area contributed by atoms with E-state index >= 15 is 0 Å². The molecule has 0 saturated carbocycles. The molecule has 0 rings (SSSR count). The van der Waals surface area contributed by atoms with Crippen molar-refractivity contribution >= 4 is 10.1 Å². The van der Waals surface area contributed by atoms with Crippen LogP contribution in [0.1, 0.15) is 52.4 Å². The molecule has 0 aliphatic carbocycles. The predicted octanol–water partition coefficient (Wildman–Crippen LogP) is 1.94. The first-order valence-electron chi connectivity index (χ1n) is 5.06. The molecule has 14 heavy (non-hydrogen) atoms. The van der Waals surface area contributed by atoms with E-state index in [1.807, 2.05) is 0 Å². The maximum Gasteiger partial charge on any atom is 0.294 e. The van der Waals surface area contributed by atoms with Crippen LogP contribution in [-0.2, 0) is 10.1 Å². The molecule has 86 valence electrons. The topological polar surface area (TPSA) is 74.6 Å². The Kier molecular flexibility index (Phi) is 5.63. The molecule has 0 spiro atoms. The molecule has 0 aromatic heterocycles. The highest BCUT2D eigenvalue weighted by Crippen LogP contribution is 2.24. The van der Waals surface area contributed by atoms with Gasteiger partial charge in [0.2, 0.25) is 0 Å². The lowest BCUT2D eigenvalue weighted by atomic mass is 10.1. The second kappa shape index (κ2) is 5.68. The molecular weight excluding hydrogens is 204 g/mol. The standard InChI is InChI=1S/C9H20O4S/c1-3-5-6-7-8-9(10,4-2)14(11,12)13/h10H,3-8H2,1-2H3,(H,11,12,13). The first kappa shape index (κ1) is 13.9. The van der Waals surface area contributed by atoms with Crippen molar-refractivity contribution in [2.45, 2.75) is 57.3 Å². The molecular formula is C9H20O4S. The fourth-order valence-corrected chi connectivity index (χ4v) is 2.08. The molecule has 5 heteroatoms. The molecule has 0 heterocycles. The molecule has 0 aliphatic heterocycles.